The quantitative estimate of drug-likeness (QED) is 0.231. The summed E-state index contributed by atoms with van der Waals surface area (Å²) in [4.78, 5) is 20.4. The van der Waals surface area contributed by atoms with Crippen molar-refractivity contribution in [1.29, 1.82) is 0 Å². The first-order valence-electron chi connectivity index (χ1n) is 11.8. The lowest BCUT2D eigenvalue weighted by Crippen LogP contribution is -2.32. The molecular formula is C29H29N3O3S2. The highest BCUT2D eigenvalue weighted by Gasteiger charge is 2.25. The van der Waals surface area contributed by atoms with Gasteiger partial charge in [0.1, 0.15) is 0 Å². The third-order valence-corrected chi connectivity index (χ3v) is 9.03. The summed E-state index contributed by atoms with van der Waals surface area (Å²) in [7, 11) is -3.76. The molecule has 4 rings (SSSR count). The first kappa shape index (κ1) is 26.5. The van der Waals surface area contributed by atoms with Gasteiger partial charge in [0.05, 0.1) is 21.7 Å². The summed E-state index contributed by atoms with van der Waals surface area (Å²) in [6, 6.07) is 19.9. The van der Waals surface area contributed by atoms with Crippen molar-refractivity contribution in [2.75, 3.05) is 18.0 Å². The summed E-state index contributed by atoms with van der Waals surface area (Å²) in [6.07, 6.45) is 3.06. The summed E-state index contributed by atoms with van der Waals surface area (Å²) >= 11 is 1.47. The Hall–Kier alpha value is -3.59. The minimum atomic E-state index is -3.76. The molecule has 0 radical (unpaired) electrons. The van der Waals surface area contributed by atoms with E-state index in [2.05, 4.69) is 19.2 Å². The van der Waals surface area contributed by atoms with Gasteiger partial charge < -0.3 is 0 Å². The average Bonchev–Trinajstić information content (AvgIpc) is 3.34. The maximum absolute atomic E-state index is 13.8. The van der Waals surface area contributed by atoms with Gasteiger partial charge in [0.15, 0.2) is 5.13 Å². The lowest BCUT2D eigenvalue weighted by molar-refractivity contribution is 0.0985. The highest BCUT2D eigenvalue weighted by atomic mass is 32.2. The molecule has 0 aliphatic carbocycles. The number of benzene rings is 3. The molecule has 0 unspecified atom stereocenters. The van der Waals surface area contributed by atoms with E-state index in [1.54, 1.807) is 17.0 Å². The van der Waals surface area contributed by atoms with Crippen LogP contribution in [0.2, 0.25) is 0 Å². The molecule has 0 saturated carbocycles. The molecule has 3 aromatic carbocycles. The third kappa shape index (κ3) is 5.56. The molecule has 190 valence electrons. The zero-order chi connectivity index (χ0) is 26.6. The number of sulfonamides is 1. The molecule has 37 heavy (non-hydrogen) atoms. The van der Waals surface area contributed by atoms with E-state index in [4.69, 9.17) is 4.98 Å². The van der Waals surface area contributed by atoms with E-state index < -0.39 is 10.0 Å². The van der Waals surface area contributed by atoms with Gasteiger partial charge in [-0.2, -0.15) is 4.31 Å². The minimum absolute atomic E-state index is 0.105. The molecule has 0 bridgehead atoms. The molecule has 6 nitrogen and oxygen atoms in total. The Balaban J connectivity index is 1.71. The Labute approximate surface area is 222 Å². The summed E-state index contributed by atoms with van der Waals surface area (Å²) in [5, 5.41) is 0.595. The molecule has 1 amide bonds. The molecule has 4 aromatic rings. The number of carbonyl (C=O) groups is 1. The number of nitrogens with zero attached hydrogens (tertiary/aromatic N) is 3. The van der Waals surface area contributed by atoms with Crippen LogP contribution in [0.4, 0.5) is 5.13 Å². The van der Waals surface area contributed by atoms with Gasteiger partial charge in [0, 0.05) is 18.7 Å². The number of amides is 1. The fraction of sp³-hybridized carbons (Fsp3) is 0.172. The smallest absolute Gasteiger partial charge is 0.260 e. The Morgan fingerprint density at radius 2 is 1.59 bits per heavy atom. The van der Waals surface area contributed by atoms with E-state index in [0.29, 0.717) is 17.2 Å². The van der Waals surface area contributed by atoms with E-state index in [1.807, 2.05) is 50.2 Å². The lowest BCUT2D eigenvalue weighted by atomic mass is 10.1. The van der Waals surface area contributed by atoms with E-state index in [-0.39, 0.29) is 23.9 Å². The van der Waals surface area contributed by atoms with Crippen LogP contribution < -0.4 is 4.90 Å². The Bertz CT molecular complexity index is 1530. The number of rotatable bonds is 10. The highest BCUT2D eigenvalue weighted by molar-refractivity contribution is 7.89. The average molecular weight is 532 g/mol. The number of aromatic nitrogens is 1. The van der Waals surface area contributed by atoms with Gasteiger partial charge in [-0.15, -0.1) is 13.2 Å². The number of thiazole rings is 1. The number of carbonyl (C=O) groups excluding carboxylic acids is 1. The second kappa shape index (κ2) is 11.2. The molecule has 8 heteroatoms. The minimum Gasteiger partial charge on any atom is -0.279 e. The monoisotopic (exact) mass is 531 g/mol. The fourth-order valence-corrected chi connectivity index (χ4v) is 6.36. The van der Waals surface area contributed by atoms with Crippen molar-refractivity contribution < 1.29 is 13.2 Å². The second-order valence-corrected chi connectivity index (χ2v) is 11.6. The molecule has 0 aliphatic heterocycles. The second-order valence-electron chi connectivity index (χ2n) is 8.65. The zero-order valence-corrected chi connectivity index (χ0v) is 22.6. The van der Waals surface area contributed by atoms with Crippen molar-refractivity contribution >= 4 is 42.6 Å². The molecule has 0 spiro atoms. The van der Waals surface area contributed by atoms with Crippen molar-refractivity contribution in [3.8, 4) is 0 Å². The maximum Gasteiger partial charge on any atom is 0.260 e. The van der Waals surface area contributed by atoms with Crippen LogP contribution in [0.3, 0.4) is 0 Å². The molecule has 0 atom stereocenters. The van der Waals surface area contributed by atoms with E-state index in [1.165, 1.54) is 39.9 Å². The SMILES string of the molecule is C=CCN(CC=C)S(=O)(=O)c1ccc(C(=O)N(Cc2ccccc2)c2nc3c(C)c(C)ccc3s2)cc1. The van der Waals surface area contributed by atoms with Gasteiger partial charge in [0.25, 0.3) is 5.91 Å². The highest BCUT2D eigenvalue weighted by Crippen LogP contribution is 2.33. The van der Waals surface area contributed by atoms with Gasteiger partial charge in [-0.3, -0.25) is 9.69 Å². The molecule has 1 heterocycles. The summed E-state index contributed by atoms with van der Waals surface area (Å²) in [5.41, 5.74) is 4.46. The van der Waals surface area contributed by atoms with E-state index >= 15 is 0 Å². The topological polar surface area (TPSA) is 70.6 Å². The van der Waals surface area contributed by atoms with Crippen LogP contribution in [-0.4, -0.2) is 36.7 Å². The van der Waals surface area contributed by atoms with Crippen molar-refractivity contribution in [1.82, 2.24) is 9.29 Å². The van der Waals surface area contributed by atoms with Crippen LogP contribution in [0, 0.1) is 13.8 Å². The third-order valence-electron chi connectivity index (χ3n) is 6.14. The summed E-state index contributed by atoms with van der Waals surface area (Å²) in [5.74, 6) is -0.254. The van der Waals surface area contributed by atoms with Crippen LogP contribution in [-0.2, 0) is 16.6 Å². The molecule has 0 saturated heterocycles. The van der Waals surface area contributed by atoms with Crippen molar-refractivity contribution in [3.63, 3.8) is 0 Å². The largest absolute Gasteiger partial charge is 0.279 e. The van der Waals surface area contributed by atoms with Gasteiger partial charge >= 0.3 is 0 Å². The van der Waals surface area contributed by atoms with Crippen LogP contribution in [0.5, 0.6) is 0 Å². The molecule has 1 aromatic heterocycles. The van der Waals surface area contributed by atoms with Crippen molar-refractivity contribution in [2.24, 2.45) is 0 Å². The summed E-state index contributed by atoms with van der Waals surface area (Å²) < 4.78 is 28.4. The van der Waals surface area contributed by atoms with E-state index in [9.17, 15) is 13.2 Å². The molecular weight excluding hydrogens is 502 g/mol. The zero-order valence-electron chi connectivity index (χ0n) is 20.9. The first-order valence-corrected chi connectivity index (χ1v) is 14.1. The fourth-order valence-electron chi connectivity index (χ4n) is 3.96. The summed E-state index contributed by atoms with van der Waals surface area (Å²) in [6.45, 7) is 12.0. The van der Waals surface area contributed by atoms with Crippen molar-refractivity contribution in [3.05, 3.63) is 114 Å². The number of anilines is 1. The standard InChI is InChI=1S/C29H29N3O3S2/c1-5-18-31(19-6-2)37(34,35)25-15-13-24(14-16-25)28(33)32(20-23-10-8-7-9-11-23)29-30-27-22(4)21(3)12-17-26(27)36-29/h5-17H,1-2,18-20H2,3-4H3. The number of fused-ring (bicyclic) bond motifs is 1. The Kier molecular flexibility index (Phi) is 8.02. The van der Waals surface area contributed by atoms with Crippen LogP contribution in [0.1, 0.15) is 27.0 Å². The number of hydrogen-bond donors (Lipinski definition) is 0. The Morgan fingerprint density at radius 3 is 2.22 bits per heavy atom. The van der Waals surface area contributed by atoms with Crippen LogP contribution in [0.25, 0.3) is 10.2 Å². The van der Waals surface area contributed by atoms with Gasteiger partial charge in [-0.05, 0) is 60.9 Å². The van der Waals surface area contributed by atoms with Gasteiger partial charge in [-0.25, -0.2) is 13.4 Å². The number of hydrogen-bond acceptors (Lipinski definition) is 5. The van der Waals surface area contributed by atoms with E-state index in [0.717, 1.165) is 26.9 Å². The Morgan fingerprint density at radius 1 is 0.946 bits per heavy atom. The lowest BCUT2D eigenvalue weighted by Gasteiger charge is -2.21. The van der Waals surface area contributed by atoms with Gasteiger partial charge in [0.2, 0.25) is 10.0 Å². The first-order chi connectivity index (χ1) is 17.8. The number of aryl methyl sites for hydroxylation is 2. The maximum atomic E-state index is 13.8. The normalized spacial score (nSPS) is 11.5. The molecule has 0 fully saturated rings. The van der Waals surface area contributed by atoms with Crippen LogP contribution >= 0.6 is 11.3 Å². The predicted octanol–water partition coefficient (Wildman–Crippen LogP) is 6.12. The van der Waals surface area contributed by atoms with Crippen molar-refractivity contribution in [2.45, 2.75) is 25.3 Å². The van der Waals surface area contributed by atoms with Crippen LogP contribution in [0.15, 0.2) is 96.9 Å². The van der Waals surface area contributed by atoms with Gasteiger partial charge in [-0.1, -0.05) is 59.9 Å². The molecule has 0 aliphatic rings. The molecule has 0 N–H and O–H groups in total. The predicted molar refractivity (Wildman–Crippen MR) is 152 cm³/mol.